The van der Waals surface area contributed by atoms with Crippen LogP contribution in [0.2, 0.25) is 0 Å². The van der Waals surface area contributed by atoms with E-state index < -0.39 is 28.2 Å². The zero-order valence-electron chi connectivity index (χ0n) is 6.95. The first kappa shape index (κ1) is 10.4. The highest BCUT2D eigenvalue weighted by Gasteiger charge is 2.39. The van der Waals surface area contributed by atoms with Crippen molar-refractivity contribution in [2.24, 2.45) is 11.7 Å². The molecule has 14 heavy (non-hydrogen) atoms. The van der Waals surface area contributed by atoms with Gasteiger partial charge in [-0.3, -0.25) is 20.6 Å². The quantitative estimate of drug-likeness (QED) is 0.300. The summed E-state index contributed by atoms with van der Waals surface area (Å²) in [5, 5.41) is 28.3. The minimum Gasteiger partial charge on any atom is -0.481 e. The lowest BCUT2D eigenvalue weighted by Gasteiger charge is -2.25. The molecule has 0 spiro atoms. The van der Waals surface area contributed by atoms with E-state index in [0.717, 1.165) is 12.2 Å². The van der Waals surface area contributed by atoms with Crippen molar-refractivity contribution in [3.05, 3.63) is 34.0 Å². The number of rotatable bonds is 2. The molecule has 0 bridgehead atoms. The normalized spacial score (nSPS) is 31.0. The summed E-state index contributed by atoms with van der Waals surface area (Å²) in [6, 6.07) is 0. The molecule has 0 aliphatic heterocycles. The smallest absolute Gasteiger partial charge is 0.315 e. The molecule has 76 valence electrons. The molecule has 2 unspecified atom stereocenters. The van der Waals surface area contributed by atoms with Crippen molar-refractivity contribution in [2.45, 2.75) is 5.72 Å². The number of nitro groups is 1. The first-order valence-corrected chi connectivity index (χ1v) is 3.64. The minimum absolute atomic E-state index is 0.424. The Labute approximate surface area is 78.3 Å². The van der Waals surface area contributed by atoms with Gasteiger partial charge in [0.25, 0.3) is 5.70 Å². The van der Waals surface area contributed by atoms with E-state index in [1.807, 2.05) is 0 Å². The maximum Gasteiger partial charge on any atom is 0.315 e. The third-order valence-corrected chi connectivity index (χ3v) is 1.81. The van der Waals surface area contributed by atoms with Gasteiger partial charge in [0.1, 0.15) is 5.92 Å². The molecule has 0 aromatic rings. The SMILES string of the molecule is NC1(O)C=C([N+](=O)[O-])C=CC1C(=O)O. The van der Waals surface area contributed by atoms with Gasteiger partial charge in [0, 0.05) is 12.2 Å². The predicted octanol–water partition coefficient (Wildman–Crippen LogP) is -0.935. The van der Waals surface area contributed by atoms with Gasteiger partial charge in [0.2, 0.25) is 0 Å². The second-order valence-electron chi connectivity index (χ2n) is 2.89. The van der Waals surface area contributed by atoms with Gasteiger partial charge < -0.3 is 10.2 Å². The molecule has 0 saturated heterocycles. The van der Waals surface area contributed by atoms with Crippen molar-refractivity contribution in [3.63, 3.8) is 0 Å². The van der Waals surface area contributed by atoms with Crippen LogP contribution < -0.4 is 5.73 Å². The van der Waals surface area contributed by atoms with Crippen LogP contribution in [0.3, 0.4) is 0 Å². The number of nitrogens with zero attached hydrogens (tertiary/aromatic N) is 1. The number of carboxylic acids is 1. The Kier molecular flexibility index (Phi) is 2.37. The third kappa shape index (κ3) is 1.78. The minimum atomic E-state index is -2.22. The van der Waals surface area contributed by atoms with Crippen LogP contribution in [-0.4, -0.2) is 26.8 Å². The molecule has 7 nitrogen and oxygen atoms in total. The maximum atomic E-state index is 10.6. The maximum absolute atomic E-state index is 10.6. The summed E-state index contributed by atoms with van der Waals surface area (Å²) in [5.41, 5.74) is 2.55. The number of hydrogen-bond donors (Lipinski definition) is 3. The number of nitrogens with two attached hydrogens (primary N) is 1. The fourth-order valence-electron chi connectivity index (χ4n) is 1.12. The second kappa shape index (κ2) is 3.20. The molecular weight excluding hydrogens is 192 g/mol. The topological polar surface area (TPSA) is 127 Å². The highest BCUT2D eigenvalue weighted by molar-refractivity contribution is 5.74. The van der Waals surface area contributed by atoms with Crippen LogP contribution in [0.15, 0.2) is 23.9 Å². The number of carboxylic acid groups (broad SMARTS) is 1. The molecule has 0 aromatic carbocycles. The highest BCUT2D eigenvalue weighted by Crippen LogP contribution is 2.23. The zero-order valence-corrected chi connectivity index (χ0v) is 6.95. The zero-order chi connectivity index (χ0) is 10.9. The van der Waals surface area contributed by atoms with E-state index in [1.54, 1.807) is 0 Å². The van der Waals surface area contributed by atoms with Crippen LogP contribution in [0, 0.1) is 16.0 Å². The highest BCUT2D eigenvalue weighted by atomic mass is 16.6. The Bertz CT molecular complexity index is 344. The first-order valence-electron chi connectivity index (χ1n) is 3.64. The van der Waals surface area contributed by atoms with E-state index in [2.05, 4.69) is 0 Å². The molecule has 0 radical (unpaired) electrons. The molecule has 1 rings (SSSR count). The lowest BCUT2D eigenvalue weighted by Crippen LogP contribution is -2.49. The fraction of sp³-hybridized carbons (Fsp3) is 0.286. The van der Waals surface area contributed by atoms with Gasteiger partial charge in [-0.25, -0.2) is 0 Å². The molecule has 1 aliphatic rings. The number of hydrogen-bond acceptors (Lipinski definition) is 5. The van der Waals surface area contributed by atoms with Gasteiger partial charge in [-0.05, 0) is 0 Å². The summed E-state index contributed by atoms with van der Waals surface area (Å²) in [6.07, 6.45) is 2.70. The summed E-state index contributed by atoms with van der Waals surface area (Å²) in [6.45, 7) is 0. The lowest BCUT2D eigenvalue weighted by molar-refractivity contribution is -0.420. The van der Waals surface area contributed by atoms with E-state index in [1.165, 1.54) is 0 Å². The van der Waals surface area contributed by atoms with Gasteiger partial charge in [-0.15, -0.1) is 0 Å². The third-order valence-electron chi connectivity index (χ3n) is 1.81. The molecule has 0 amide bonds. The molecule has 0 saturated carbocycles. The molecule has 2 atom stereocenters. The summed E-state index contributed by atoms with van der Waals surface area (Å²) >= 11 is 0. The van der Waals surface area contributed by atoms with Crippen molar-refractivity contribution in [2.75, 3.05) is 0 Å². The van der Waals surface area contributed by atoms with Crippen molar-refractivity contribution >= 4 is 5.97 Å². The fourth-order valence-corrected chi connectivity index (χ4v) is 1.12. The van der Waals surface area contributed by atoms with Crippen molar-refractivity contribution in [1.29, 1.82) is 0 Å². The van der Waals surface area contributed by atoms with Crippen molar-refractivity contribution in [1.82, 2.24) is 0 Å². The molecule has 0 heterocycles. The Morgan fingerprint density at radius 2 is 2.29 bits per heavy atom. The number of aliphatic carboxylic acids is 1. The van der Waals surface area contributed by atoms with E-state index >= 15 is 0 Å². The van der Waals surface area contributed by atoms with Crippen LogP contribution in [0.5, 0.6) is 0 Å². The number of allylic oxidation sites excluding steroid dienone is 1. The van der Waals surface area contributed by atoms with Crippen LogP contribution >= 0.6 is 0 Å². The Morgan fingerprint density at radius 3 is 2.64 bits per heavy atom. The van der Waals surface area contributed by atoms with Crippen LogP contribution in [0.4, 0.5) is 0 Å². The summed E-state index contributed by atoms with van der Waals surface area (Å²) in [4.78, 5) is 20.1. The second-order valence-corrected chi connectivity index (χ2v) is 2.89. The van der Waals surface area contributed by atoms with Crippen LogP contribution in [-0.2, 0) is 4.79 Å². The van der Waals surface area contributed by atoms with Gasteiger partial charge in [0.05, 0.1) is 4.92 Å². The number of aliphatic hydroxyl groups is 1. The molecule has 4 N–H and O–H groups in total. The van der Waals surface area contributed by atoms with Gasteiger partial charge in [-0.2, -0.15) is 0 Å². The molecule has 1 aliphatic carbocycles. The molecule has 0 aromatic heterocycles. The molecular formula is C7H8N2O5. The Morgan fingerprint density at radius 1 is 1.71 bits per heavy atom. The van der Waals surface area contributed by atoms with E-state index in [0.29, 0.717) is 6.08 Å². The van der Waals surface area contributed by atoms with Crippen LogP contribution in [0.1, 0.15) is 0 Å². The van der Waals surface area contributed by atoms with Gasteiger partial charge in [-0.1, -0.05) is 6.08 Å². The van der Waals surface area contributed by atoms with E-state index in [9.17, 15) is 20.0 Å². The van der Waals surface area contributed by atoms with Crippen molar-refractivity contribution in [3.8, 4) is 0 Å². The Hall–Kier alpha value is -1.73. The summed E-state index contributed by atoms with van der Waals surface area (Å²) < 4.78 is 0. The van der Waals surface area contributed by atoms with Gasteiger partial charge in [0.15, 0.2) is 5.72 Å². The predicted molar refractivity (Wildman–Crippen MR) is 44.5 cm³/mol. The van der Waals surface area contributed by atoms with Crippen LogP contribution in [0.25, 0.3) is 0 Å². The van der Waals surface area contributed by atoms with E-state index in [4.69, 9.17) is 10.8 Å². The summed E-state index contributed by atoms with van der Waals surface area (Å²) in [7, 11) is 0. The molecule has 0 fully saturated rings. The first-order chi connectivity index (χ1) is 6.34. The largest absolute Gasteiger partial charge is 0.481 e. The van der Waals surface area contributed by atoms with E-state index in [-0.39, 0.29) is 0 Å². The Balaban J connectivity index is 3.04. The summed E-state index contributed by atoms with van der Waals surface area (Å²) in [5.74, 6) is -2.71. The standard InChI is InChI=1S/C7H8N2O5/c8-7(12)3-4(9(13)14)1-2-5(7)6(10)11/h1-3,5,12H,8H2,(H,10,11). The average Bonchev–Trinajstić information content (AvgIpc) is 2.01. The van der Waals surface area contributed by atoms with Gasteiger partial charge >= 0.3 is 5.97 Å². The average molecular weight is 200 g/mol. The molecule has 7 heteroatoms. The van der Waals surface area contributed by atoms with Crippen molar-refractivity contribution < 1.29 is 19.9 Å². The monoisotopic (exact) mass is 200 g/mol. The number of carbonyl (C=O) groups is 1. The lowest BCUT2D eigenvalue weighted by atomic mass is 9.91.